The molecule has 1 atom stereocenters. The van der Waals surface area contributed by atoms with E-state index in [0.717, 1.165) is 11.1 Å². The average Bonchev–Trinajstić information content (AvgIpc) is 2.80. The Labute approximate surface area is 119 Å². The van der Waals surface area contributed by atoms with Crippen molar-refractivity contribution in [3.63, 3.8) is 0 Å². The van der Waals surface area contributed by atoms with Crippen molar-refractivity contribution in [3.8, 4) is 0 Å². The van der Waals surface area contributed by atoms with E-state index in [0.29, 0.717) is 17.5 Å². The van der Waals surface area contributed by atoms with Crippen LogP contribution < -0.4 is 5.76 Å². The van der Waals surface area contributed by atoms with Gasteiger partial charge in [-0.3, -0.25) is 4.98 Å². The number of benzene rings is 2. The van der Waals surface area contributed by atoms with Crippen LogP contribution in [0.5, 0.6) is 0 Å². The Bertz CT molecular complexity index is 791. The van der Waals surface area contributed by atoms with Crippen LogP contribution >= 0.6 is 11.6 Å². The number of aromatic nitrogens is 1. The molecule has 3 nitrogen and oxygen atoms in total. The van der Waals surface area contributed by atoms with Crippen LogP contribution in [0.25, 0.3) is 11.1 Å². The van der Waals surface area contributed by atoms with E-state index in [-0.39, 0.29) is 11.2 Å². The van der Waals surface area contributed by atoms with Crippen molar-refractivity contribution in [1.82, 2.24) is 4.98 Å². The molecule has 0 radical (unpaired) electrons. The lowest BCUT2D eigenvalue weighted by Crippen LogP contribution is -1.96. The highest BCUT2D eigenvalue weighted by atomic mass is 35.5. The number of alkyl halides is 1. The number of oxazole rings is 1. The van der Waals surface area contributed by atoms with Gasteiger partial charge in [0, 0.05) is 0 Å². The quantitative estimate of drug-likeness (QED) is 0.746. The van der Waals surface area contributed by atoms with Gasteiger partial charge in [-0.15, -0.1) is 11.6 Å². The Morgan fingerprint density at radius 3 is 2.70 bits per heavy atom. The van der Waals surface area contributed by atoms with E-state index in [2.05, 4.69) is 4.98 Å². The van der Waals surface area contributed by atoms with E-state index in [9.17, 15) is 9.18 Å². The summed E-state index contributed by atoms with van der Waals surface area (Å²) in [5, 5.41) is -0.273. The van der Waals surface area contributed by atoms with Crippen molar-refractivity contribution >= 4 is 22.7 Å². The molecule has 3 rings (SSSR count). The van der Waals surface area contributed by atoms with Crippen molar-refractivity contribution < 1.29 is 8.81 Å². The molecule has 0 amide bonds. The highest BCUT2D eigenvalue weighted by Gasteiger charge is 2.11. The average molecular weight is 292 g/mol. The molecule has 0 bridgehead atoms. The third kappa shape index (κ3) is 2.60. The summed E-state index contributed by atoms with van der Waals surface area (Å²) in [4.78, 5) is 13.7. The maximum absolute atomic E-state index is 12.8. The third-order valence-electron chi connectivity index (χ3n) is 3.13. The Hall–Kier alpha value is -2.07. The second kappa shape index (κ2) is 5.13. The van der Waals surface area contributed by atoms with Gasteiger partial charge in [-0.25, -0.2) is 9.18 Å². The number of H-pyrrole nitrogens is 1. The molecule has 0 fully saturated rings. The summed E-state index contributed by atoms with van der Waals surface area (Å²) in [6.45, 7) is 0. The SMILES string of the molecule is O=c1[nH]c2ccc(C(Cl)Cc3ccc(F)cc3)cc2o1. The second-order valence-corrected chi connectivity index (χ2v) is 5.10. The lowest BCUT2D eigenvalue weighted by Gasteiger charge is -2.09. The standard InChI is InChI=1S/C15H11ClFNO2/c16-12(7-9-1-4-11(17)5-2-9)10-3-6-13-14(8-10)20-15(19)18-13/h1-6,8,12H,7H2,(H,18,19). The summed E-state index contributed by atoms with van der Waals surface area (Å²) in [5.41, 5.74) is 2.93. The van der Waals surface area contributed by atoms with Gasteiger partial charge in [-0.1, -0.05) is 18.2 Å². The van der Waals surface area contributed by atoms with E-state index < -0.39 is 5.76 Å². The maximum Gasteiger partial charge on any atom is 0.417 e. The molecule has 5 heteroatoms. The first-order valence-electron chi connectivity index (χ1n) is 6.13. The van der Waals surface area contributed by atoms with Crippen LogP contribution in [-0.4, -0.2) is 4.98 Å². The Morgan fingerprint density at radius 2 is 1.95 bits per heavy atom. The Kier molecular flexibility index (Phi) is 3.32. The molecular weight excluding hydrogens is 281 g/mol. The van der Waals surface area contributed by atoms with Crippen molar-refractivity contribution in [2.45, 2.75) is 11.8 Å². The molecule has 1 aromatic heterocycles. The van der Waals surface area contributed by atoms with Crippen LogP contribution in [0.1, 0.15) is 16.5 Å². The van der Waals surface area contributed by atoms with Gasteiger partial charge in [0.05, 0.1) is 10.9 Å². The van der Waals surface area contributed by atoms with Gasteiger partial charge in [0.25, 0.3) is 0 Å². The molecule has 2 aromatic carbocycles. The Balaban J connectivity index is 1.85. The number of halogens is 2. The zero-order valence-electron chi connectivity index (χ0n) is 10.4. The topological polar surface area (TPSA) is 46.0 Å². The van der Waals surface area contributed by atoms with Gasteiger partial charge in [0.15, 0.2) is 5.58 Å². The third-order valence-corrected chi connectivity index (χ3v) is 3.54. The molecule has 1 N–H and O–H groups in total. The summed E-state index contributed by atoms with van der Waals surface area (Å²) < 4.78 is 17.9. The van der Waals surface area contributed by atoms with Crippen LogP contribution in [0.2, 0.25) is 0 Å². The first kappa shape index (κ1) is 12.9. The fourth-order valence-electron chi connectivity index (χ4n) is 2.10. The van der Waals surface area contributed by atoms with Crippen LogP contribution in [-0.2, 0) is 6.42 Å². The number of aromatic amines is 1. The molecule has 0 saturated heterocycles. The first-order chi connectivity index (χ1) is 9.61. The van der Waals surface area contributed by atoms with Crippen LogP contribution in [0.15, 0.2) is 51.7 Å². The van der Waals surface area contributed by atoms with Crippen molar-refractivity contribution in [2.24, 2.45) is 0 Å². The first-order valence-corrected chi connectivity index (χ1v) is 6.57. The summed E-state index contributed by atoms with van der Waals surface area (Å²) in [6.07, 6.45) is 0.571. The highest BCUT2D eigenvalue weighted by Crippen LogP contribution is 2.27. The Morgan fingerprint density at radius 1 is 1.20 bits per heavy atom. The largest absolute Gasteiger partial charge is 0.417 e. The second-order valence-electron chi connectivity index (χ2n) is 4.57. The zero-order valence-corrected chi connectivity index (χ0v) is 11.2. The van der Waals surface area contributed by atoms with Crippen LogP contribution in [0, 0.1) is 5.82 Å². The van der Waals surface area contributed by atoms with Gasteiger partial charge in [-0.05, 0) is 41.8 Å². The fraction of sp³-hybridized carbons (Fsp3) is 0.133. The number of hydrogen-bond donors (Lipinski definition) is 1. The van der Waals surface area contributed by atoms with Crippen LogP contribution in [0.3, 0.4) is 0 Å². The number of fused-ring (bicyclic) bond motifs is 1. The van der Waals surface area contributed by atoms with Gasteiger partial charge in [-0.2, -0.15) is 0 Å². The molecule has 0 saturated carbocycles. The minimum absolute atomic E-state index is 0.268. The molecule has 3 aromatic rings. The van der Waals surface area contributed by atoms with E-state index in [1.54, 1.807) is 24.3 Å². The van der Waals surface area contributed by atoms with Crippen LogP contribution in [0.4, 0.5) is 4.39 Å². The number of nitrogens with one attached hydrogen (secondary N) is 1. The normalized spacial score (nSPS) is 12.7. The van der Waals surface area contributed by atoms with Crippen molar-refractivity contribution in [2.75, 3.05) is 0 Å². The molecule has 0 aliphatic heterocycles. The maximum atomic E-state index is 12.8. The minimum atomic E-state index is -0.484. The molecule has 102 valence electrons. The predicted molar refractivity (Wildman–Crippen MR) is 75.5 cm³/mol. The molecule has 0 aliphatic rings. The van der Waals surface area contributed by atoms with E-state index in [4.69, 9.17) is 16.0 Å². The predicted octanol–water partition coefficient (Wildman–Crippen LogP) is 3.78. The lowest BCUT2D eigenvalue weighted by molar-refractivity contribution is 0.555. The molecule has 0 spiro atoms. The summed E-state index contributed by atoms with van der Waals surface area (Å²) >= 11 is 6.36. The molecule has 1 heterocycles. The molecule has 20 heavy (non-hydrogen) atoms. The summed E-state index contributed by atoms with van der Waals surface area (Å²) in [5.74, 6) is -0.753. The van der Waals surface area contributed by atoms with Gasteiger partial charge in [0.2, 0.25) is 0 Å². The highest BCUT2D eigenvalue weighted by molar-refractivity contribution is 6.21. The van der Waals surface area contributed by atoms with Crippen molar-refractivity contribution in [3.05, 3.63) is 70.0 Å². The molecule has 0 aliphatic carbocycles. The lowest BCUT2D eigenvalue weighted by atomic mass is 10.0. The van der Waals surface area contributed by atoms with Gasteiger partial charge >= 0.3 is 5.76 Å². The molecular formula is C15H11ClFNO2. The van der Waals surface area contributed by atoms with Gasteiger partial charge < -0.3 is 4.42 Å². The zero-order chi connectivity index (χ0) is 14.1. The number of rotatable bonds is 3. The van der Waals surface area contributed by atoms with Crippen molar-refractivity contribution in [1.29, 1.82) is 0 Å². The smallest absolute Gasteiger partial charge is 0.408 e. The van der Waals surface area contributed by atoms with E-state index >= 15 is 0 Å². The van der Waals surface area contributed by atoms with E-state index in [1.165, 1.54) is 12.1 Å². The summed E-state index contributed by atoms with van der Waals surface area (Å²) in [6, 6.07) is 11.6. The summed E-state index contributed by atoms with van der Waals surface area (Å²) in [7, 11) is 0. The number of hydrogen-bond acceptors (Lipinski definition) is 2. The minimum Gasteiger partial charge on any atom is -0.408 e. The monoisotopic (exact) mass is 291 g/mol. The van der Waals surface area contributed by atoms with E-state index in [1.807, 2.05) is 6.07 Å². The fourth-order valence-corrected chi connectivity index (χ4v) is 2.42. The molecule has 1 unspecified atom stereocenters. The van der Waals surface area contributed by atoms with Gasteiger partial charge in [0.1, 0.15) is 5.82 Å².